The molecule has 1 saturated heterocycles. The maximum atomic E-state index is 13.2. The molecule has 0 unspecified atom stereocenters. The Hall–Kier alpha value is -2.28. The van der Waals surface area contributed by atoms with Crippen LogP contribution in [-0.2, 0) is 4.79 Å². The van der Waals surface area contributed by atoms with E-state index in [9.17, 15) is 14.0 Å². The highest BCUT2D eigenvalue weighted by atomic mass is 35.5. The van der Waals surface area contributed by atoms with E-state index < -0.39 is 11.5 Å². The average molecular weight is 323 g/mol. The second-order valence-corrected chi connectivity index (χ2v) is 5.32. The lowest BCUT2D eigenvalue weighted by atomic mass is 10.1. The summed E-state index contributed by atoms with van der Waals surface area (Å²) in [4.78, 5) is 35.4. The van der Waals surface area contributed by atoms with Gasteiger partial charge in [-0.1, -0.05) is 11.6 Å². The molecule has 0 saturated carbocycles. The van der Waals surface area contributed by atoms with Gasteiger partial charge in [0.15, 0.2) is 5.82 Å². The van der Waals surface area contributed by atoms with Gasteiger partial charge in [-0.25, -0.2) is 9.97 Å². The molecule has 6 nitrogen and oxygen atoms in total. The van der Waals surface area contributed by atoms with Crippen LogP contribution >= 0.6 is 11.6 Å². The Morgan fingerprint density at radius 1 is 1.27 bits per heavy atom. The predicted octanol–water partition coefficient (Wildman–Crippen LogP) is 1.79. The highest BCUT2D eigenvalue weighted by Crippen LogP contribution is 2.25. The first-order chi connectivity index (χ1) is 10.5. The molecule has 2 aromatic heterocycles. The molecule has 1 aliphatic rings. The van der Waals surface area contributed by atoms with Crippen molar-refractivity contribution in [1.29, 1.82) is 0 Å². The molecule has 1 N–H and O–H groups in total. The molecule has 2 aromatic rings. The summed E-state index contributed by atoms with van der Waals surface area (Å²) in [5.41, 5.74) is -0.105. The lowest BCUT2D eigenvalue weighted by Gasteiger charge is -2.27. The summed E-state index contributed by atoms with van der Waals surface area (Å²) in [5, 5.41) is -0.0346. The summed E-state index contributed by atoms with van der Waals surface area (Å²) in [6, 6.07) is 2.72. The summed E-state index contributed by atoms with van der Waals surface area (Å²) in [7, 11) is 0. The molecule has 1 fully saturated rings. The lowest BCUT2D eigenvalue weighted by molar-refractivity contribution is -0.119. The van der Waals surface area contributed by atoms with E-state index in [1.807, 2.05) is 0 Å². The molecule has 0 aliphatic carbocycles. The number of aromatic nitrogens is 3. The van der Waals surface area contributed by atoms with Gasteiger partial charge in [-0.3, -0.25) is 9.59 Å². The van der Waals surface area contributed by atoms with Crippen LogP contribution in [0.1, 0.15) is 12.8 Å². The number of hydrogen-bond donors (Lipinski definition) is 1. The third-order valence-corrected chi connectivity index (χ3v) is 3.81. The number of rotatable bonds is 2. The molecular formula is C14H12ClFN4O2. The molecule has 0 amide bonds. The van der Waals surface area contributed by atoms with Crippen LogP contribution in [0.3, 0.4) is 0 Å². The fraction of sp³-hybridized carbons (Fsp3) is 0.286. The van der Waals surface area contributed by atoms with Crippen LogP contribution in [-0.4, -0.2) is 33.8 Å². The second kappa shape index (κ2) is 5.84. The number of nitrogens with one attached hydrogen (secondary N) is 1. The molecule has 0 atom stereocenters. The summed E-state index contributed by atoms with van der Waals surface area (Å²) in [5.74, 6) is 0.0293. The number of carbonyl (C=O) groups is 1. The Labute approximate surface area is 130 Å². The number of nitrogens with zero attached hydrogens (tertiary/aromatic N) is 3. The standard InChI is InChI=1S/C14H12ClFN4O2/c15-11-13(20-5-2-9(21)3-6-20)18-12(19-14(11)22)8-1-4-17-10(16)7-8/h1,4,7H,2-3,5-6H2,(H,18,19,22). The van der Waals surface area contributed by atoms with Crippen molar-refractivity contribution in [2.75, 3.05) is 18.0 Å². The van der Waals surface area contributed by atoms with Crippen LogP contribution in [0.15, 0.2) is 23.1 Å². The summed E-state index contributed by atoms with van der Waals surface area (Å²) >= 11 is 6.03. The normalized spacial score (nSPS) is 15.2. The SMILES string of the molecule is O=C1CCN(c2nc(-c3ccnc(F)c3)[nH]c(=O)c2Cl)CC1. The van der Waals surface area contributed by atoms with Gasteiger partial charge < -0.3 is 9.88 Å². The van der Waals surface area contributed by atoms with E-state index in [1.165, 1.54) is 12.3 Å². The minimum Gasteiger partial charge on any atom is -0.354 e. The Kier molecular flexibility index (Phi) is 3.89. The molecule has 22 heavy (non-hydrogen) atoms. The number of H-pyrrole nitrogens is 1. The molecule has 0 spiro atoms. The smallest absolute Gasteiger partial charge is 0.272 e. The number of aromatic amines is 1. The molecule has 3 heterocycles. The Bertz CT molecular complexity index is 783. The highest BCUT2D eigenvalue weighted by Gasteiger charge is 2.22. The first-order valence-electron chi connectivity index (χ1n) is 6.73. The maximum Gasteiger partial charge on any atom is 0.272 e. The van der Waals surface area contributed by atoms with Gasteiger partial charge in [-0.05, 0) is 6.07 Å². The number of anilines is 1. The van der Waals surface area contributed by atoms with Gasteiger partial charge in [0, 0.05) is 43.8 Å². The van der Waals surface area contributed by atoms with Gasteiger partial charge in [0.2, 0.25) is 5.95 Å². The largest absolute Gasteiger partial charge is 0.354 e. The van der Waals surface area contributed by atoms with Crippen LogP contribution in [0, 0.1) is 5.95 Å². The third-order valence-electron chi connectivity index (χ3n) is 3.47. The van der Waals surface area contributed by atoms with Crippen molar-refractivity contribution in [3.05, 3.63) is 39.7 Å². The van der Waals surface area contributed by atoms with Gasteiger partial charge in [-0.2, -0.15) is 4.39 Å². The Morgan fingerprint density at radius 3 is 2.68 bits per heavy atom. The highest BCUT2D eigenvalue weighted by molar-refractivity contribution is 6.32. The number of hydrogen-bond acceptors (Lipinski definition) is 5. The number of Topliss-reactive ketones (excluding diaryl/α,β-unsaturated/α-hetero) is 1. The predicted molar refractivity (Wildman–Crippen MR) is 79.5 cm³/mol. The van der Waals surface area contributed by atoms with Crippen molar-refractivity contribution in [3.8, 4) is 11.4 Å². The summed E-state index contributed by atoms with van der Waals surface area (Å²) < 4.78 is 13.2. The lowest BCUT2D eigenvalue weighted by Crippen LogP contribution is -2.35. The average Bonchev–Trinajstić information content (AvgIpc) is 2.51. The van der Waals surface area contributed by atoms with E-state index in [4.69, 9.17) is 11.6 Å². The number of ketones is 1. The summed E-state index contributed by atoms with van der Waals surface area (Å²) in [6.07, 6.45) is 2.08. The molecule has 114 valence electrons. The summed E-state index contributed by atoms with van der Waals surface area (Å²) in [6.45, 7) is 0.915. The fourth-order valence-corrected chi connectivity index (χ4v) is 2.52. The van der Waals surface area contributed by atoms with Gasteiger partial charge in [0.25, 0.3) is 5.56 Å². The minimum absolute atomic E-state index is 0.0346. The van der Waals surface area contributed by atoms with E-state index >= 15 is 0 Å². The number of carbonyl (C=O) groups excluding carboxylic acids is 1. The molecular weight excluding hydrogens is 311 g/mol. The molecule has 3 rings (SSSR count). The van der Waals surface area contributed by atoms with Gasteiger partial charge in [0.05, 0.1) is 0 Å². The van der Waals surface area contributed by atoms with Crippen molar-refractivity contribution in [2.45, 2.75) is 12.8 Å². The monoisotopic (exact) mass is 322 g/mol. The third kappa shape index (κ3) is 2.85. The number of pyridine rings is 1. The van der Waals surface area contributed by atoms with Gasteiger partial charge >= 0.3 is 0 Å². The Balaban J connectivity index is 2.04. The molecule has 0 bridgehead atoms. The zero-order valence-corrected chi connectivity index (χ0v) is 12.2. The zero-order chi connectivity index (χ0) is 15.7. The van der Waals surface area contributed by atoms with Crippen LogP contribution in [0.5, 0.6) is 0 Å². The van der Waals surface area contributed by atoms with Crippen molar-refractivity contribution in [2.24, 2.45) is 0 Å². The molecule has 8 heteroatoms. The first kappa shape index (κ1) is 14.6. The van der Waals surface area contributed by atoms with Crippen molar-refractivity contribution >= 4 is 23.2 Å². The molecule has 0 radical (unpaired) electrons. The van der Waals surface area contributed by atoms with Crippen molar-refractivity contribution < 1.29 is 9.18 Å². The number of piperidine rings is 1. The zero-order valence-electron chi connectivity index (χ0n) is 11.5. The van der Waals surface area contributed by atoms with E-state index in [2.05, 4.69) is 15.0 Å². The van der Waals surface area contributed by atoms with E-state index in [-0.39, 0.29) is 16.6 Å². The fourth-order valence-electron chi connectivity index (χ4n) is 2.31. The van der Waals surface area contributed by atoms with Crippen LogP contribution in [0.25, 0.3) is 11.4 Å². The molecule has 1 aliphatic heterocycles. The quantitative estimate of drug-likeness (QED) is 0.853. The first-order valence-corrected chi connectivity index (χ1v) is 7.11. The van der Waals surface area contributed by atoms with Crippen molar-refractivity contribution in [1.82, 2.24) is 15.0 Å². The Morgan fingerprint density at radius 2 is 2.00 bits per heavy atom. The minimum atomic E-state index is -0.666. The van der Waals surface area contributed by atoms with Gasteiger partial charge in [0.1, 0.15) is 16.6 Å². The van der Waals surface area contributed by atoms with E-state index in [0.29, 0.717) is 37.3 Å². The van der Waals surface area contributed by atoms with Crippen LogP contribution < -0.4 is 10.5 Å². The maximum absolute atomic E-state index is 13.2. The topological polar surface area (TPSA) is 79.0 Å². The van der Waals surface area contributed by atoms with Crippen molar-refractivity contribution in [3.63, 3.8) is 0 Å². The van der Waals surface area contributed by atoms with E-state index in [0.717, 1.165) is 0 Å². The number of halogens is 2. The molecule has 0 aromatic carbocycles. The van der Waals surface area contributed by atoms with E-state index in [1.54, 1.807) is 11.0 Å². The van der Waals surface area contributed by atoms with Crippen LogP contribution in [0.4, 0.5) is 10.2 Å². The second-order valence-electron chi connectivity index (χ2n) is 4.95. The van der Waals surface area contributed by atoms with Crippen LogP contribution in [0.2, 0.25) is 5.02 Å². The van der Waals surface area contributed by atoms with Gasteiger partial charge in [-0.15, -0.1) is 0 Å².